The normalized spacial score (nSPS) is 12.1. The number of furan rings is 1. The highest BCUT2D eigenvalue weighted by atomic mass is 32.2. The second-order valence-electron chi connectivity index (χ2n) is 6.96. The number of methoxy groups -OCH3 is 1. The predicted molar refractivity (Wildman–Crippen MR) is 118 cm³/mol. The second kappa shape index (κ2) is 9.77. The van der Waals surface area contributed by atoms with Crippen LogP contribution in [0.15, 0.2) is 52.1 Å². The van der Waals surface area contributed by atoms with Crippen LogP contribution in [0.3, 0.4) is 0 Å². The average Bonchev–Trinajstić information content (AvgIpc) is 3.28. The molecule has 0 bridgehead atoms. The van der Waals surface area contributed by atoms with E-state index in [1.165, 1.54) is 11.8 Å². The molecule has 30 heavy (non-hydrogen) atoms. The van der Waals surface area contributed by atoms with Crippen molar-refractivity contribution in [2.75, 3.05) is 34.0 Å². The Morgan fingerprint density at radius 1 is 1.27 bits per heavy atom. The Morgan fingerprint density at radius 2 is 2.07 bits per heavy atom. The molecule has 0 aliphatic rings. The molecule has 0 radical (unpaired) electrons. The molecule has 8 heteroatoms. The van der Waals surface area contributed by atoms with Crippen molar-refractivity contribution in [3.8, 4) is 17.3 Å². The van der Waals surface area contributed by atoms with Crippen LogP contribution in [0.4, 0.5) is 0 Å². The van der Waals surface area contributed by atoms with Crippen molar-refractivity contribution in [1.82, 2.24) is 20.2 Å². The zero-order valence-electron chi connectivity index (χ0n) is 17.8. The van der Waals surface area contributed by atoms with E-state index in [0.717, 1.165) is 11.3 Å². The third-order valence-electron chi connectivity index (χ3n) is 4.78. The molecule has 2 heterocycles. The summed E-state index contributed by atoms with van der Waals surface area (Å²) in [5, 5.41) is 3.67. The molecule has 0 saturated heterocycles. The zero-order chi connectivity index (χ0) is 21.7. The van der Waals surface area contributed by atoms with Gasteiger partial charge in [0.2, 0.25) is 0 Å². The van der Waals surface area contributed by atoms with Gasteiger partial charge in [-0.3, -0.25) is 4.79 Å². The number of carbonyl (C=O) groups excluding carboxylic acids is 1. The van der Waals surface area contributed by atoms with Crippen LogP contribution < -0.4 is 10.1 Å². The van der Waals surface area contributed by atoms with E-state index in [0.29, 0.717) is 34.4 Å². The highest BCUT2D eigenvalue weighted by Crippen LogP contribution is 2.26. The molecule has 0 spiro atoms. The Balaban J connectivity index is 1.82. The van der Waals surface area contributed by atoms with Crippen LogP contribution in [-0.4, -0.2) is 54.8 Å². The fraction of sp³-hybridized carbons (Fsp3) is 0.318. The fourth-order valence-electron chi connectivity index (χ4n) is 3.20. The van der Waals surface area contributed by atoms with Gasteiger partial charge in [-0.05, 0) is 57.1 Å². The number of nitrogens with zero attached hydrogens (tertiary/aromatic N) is 3. The van der Waals surface area contributed by atoms with Crippen molar-refractivity contribution < 1.29 is 13.9 Å². The Morgan fingerprint density at radius 3 is 2.70 bits per heavy atom. The molecule has 1 aromatic carbocycles. The van der Waals surface area contributed by atoms with Gasteiger partial charge < -0.3 is 19.4 Å². The van der Waals surface area contributed by atoms with Crippen LogP contribution in [0.25, 0.3) is 11.6 Å². The first-order chi connectivity index (χ1) is 14.4. The molecule has 3 rings (SSSR count). The van der Waals surface area contributed by atoms with Crippen LogP contribution in [0, 0.1) is 6.92 Å². The van der Waals surface area contributed by atoms with E-state index in [9.17, 15) is 4.79 Å². The highest BCUT2D eigenvalue weighted by molar-refractivity contribution is 7.98. The van der Waals surface area contributed by atoms with E-state index < -0.39 is 0 Å². The fourth-order valence-corrected chi connectivity index (χ4v) is 3.82. The van der Waals surface area contributed by atoms with E-state index >= 15 is 0 Å². The lowest BCUT2D eigenvalue weighted by Crippen LogP contribution is -2.35. The summed E-state index contributed by atoms with van der Waals surface area (Å²) in [5.41, 5.74) is 2.16. The third kappa shape index (κ3) is 4.83. The number of likely N-dealkylation sites (N-methyl/N-ethyl adjacent to an activating group) is 1. The van der Waals surface area contributed by atoms with Gasteiger partial charge in [0.15, 0.2) is 11.6 Å². The van der Waals surface area contributed by atoms with E-state index in [1.54, 1.807) is 25.5 Å². The summed E-state index contributed by atoms with van der Waals surface area (Å²) in [4.78, 5) is 24.1. The maximum absolute atomic E-state index is 13.1. The number of aromatic nitrogens is 2. The molecule has 1 amide bonds. The average molecular weight is 427 g/mol. The molecular formula is C22H26N4O3S. The second-order valence-corrected chi connectivity index (χ2v) is 7.76. The molecule has 0 fully saturated rings. The number of rotatable bonds is 8. The topological polar surface area (TPSA) is 80.5 Å². The van der Waals surface area contributed by atoms with Gasteiger partial charge >= 0.3 is 0 Å². The number of ether oxygens (including phenoxy) is 1. The molecule has 2 aromatic heterocycles. The summed E-state index contributed by atoms with van der Waals surface area (Å²) in [6, 6.07) is 11.4. The van der Waals surface area contributed by atoms with E-state index in [2.05, 4.69) is 20.2 Å². The minimum Gasteiger partial charge on any atom is -0.497 e. The predicted octanol–water partition coefficient (Wildman–Crippen LogP) is 3.81. The van der Waals surface area contributed by atoms with Crippen LogP contribution in [-0.2, 0) is 0 Å². The molecule has 0 aliphatic carbocycles. The van der Waals surface area contributed by atoms with E-state index in [4.69, 9.17) is 9.15 Å². The monoisotopic (exact) mass is 426 g/mol. The summed E-state index contributed by atoms with van der Waals surface area (Å²) < 4.78 is 10.7. The first kappa shape index (κ1) is 21.9. The van der Waals surface area contributed by atoms with Crippen LogP contribution in [0.2, 0.25) is 0 Å². The number of carbonyl (C=O) groups is 1. The molecule has 1 N–H and O–H groups in total. The SMILES string of the molecule is COc1cccc(C(CNC(=O)c2c(C)nc(-c3ccco3)nc2SC)N(C)C)c1. The minimum absolute atomic E-state index is 0.00889. The van der Waals surface area contributed by atoms with Crippen molar-refractivity contribution in [2.45, 2.75) is 18.0 Å². The van der Waals surface area contributed by atoms with Gasteiger partial charge in [0, 0.05) is 6.54 Å². The van der Waals surface area contributed by atoms with Crippen molar-refractivity contribution in [3.05, 3.63) is 59.5 Å². The van der Waals surface area contributed by atoms with Gasteiger partial charge in [0.1, 0.15) is 10.8 Å². The molecule has 3 aromatic rings. The standard InChI is InChI=1S/C22H26N4O3S/c1-14-19(22(30-5)25-20(24-14)18-10-7-11-29-18)21(27)23-13-17(26(2)3)15-8-6-9-16(12-15)28-4/h6-12,17H,13H2,1-5H3,(H,23,27). The first-order valence-corrected chi connectivity index (χ1v) is 10.7. The summed E-state index contributed by atoms with van der Waals surface area (Å²) in [7, 11) is 5.61. The Hall–Kier alpha value is -2.84. The highest BCUT2D eigenvalue weighted by Gasteiger charge is 2.22. The van der Waals surface area contributed by atoms with Gasteiger partial charge in [-0.25, -0.2) is 9.97 Å². The smallest absolute Gasteiger partial charge is 0.255 e. The lowest BCUT2D eigenvalue weighted by Gasteiger charge is -2.25. The summed E-state index contributed by atoms with van der Waals surface area (Å²) >= 11 is 1.41. The number of thioether (sulfide) groups is 1. The van der Waals surface area contributed by atoms with Gasteiger partial charge in [-0.1, -0.05) is 12.1 Å². The van der Waals surface area contributed by atoms with Crippen LogP contribution in [0.5, 0.6) is 5.75 Å². The number of nitrogens with one attached hydrogen (secondary N) is 1. The van der Waals surface area contributed by atoms with Crippen molar-refractivity contribution in [3.63, 3.8) is 0 Å². The molecule has 7 nitrogen and oxygen atoms in total. The quantitative estimate of drug-likeness (QED) is 0.433. The largest absolute Gasteiger partial charge is 0.497 e. The summed E-state index contributed by atoms with van der Waals surface area (Å²) in [5.74, 6) is 1.64. The van der Waals surface area contributed by atoms with Gasteiger partial charge in [0.25, 0.3) is 5.91 Å². The maximum Gasteiger partial charge on any atom is 0.255 e. The van der Waals surface area contributed by atoms with Crippen LogP contribution >= 0.6 is 11.8 Å². The van der Waals surface area contributed by atoms with Crippen LogP contribution in [0.1, 0.15) is 27.7 Å². The Labute approximate surface area is 180 Å². The summed E-state index contributed by atoms with van der Waals surface area (Å²) in [6.45, 7) is 2.25. The van der Waals surface area contributed by atoms with E-state index in [-0.39, 0.29) is 11.9 Å². The number of hydrogen-bond donors (Lipinski definition) is 1. The number of amides is 1. The lowest BCUT2D eigenvalue weighted by molar-refractivity contribution is 0.0937. The molecular weight excluding hydrogens is 400 g/mol. The molecule has 1 unspecified atom stereocenters. The van der Waals surface area contributed by atoms with Crippen molar-refractivity contribution in [1.29, 1.82) is 0 Å². The Bertz CT molecular complexity index is 1010. The van der Waals surface area contributed by atoms with Gasteiger partial charge in [0.05, 0.1) is 30.7 Å². The number of hydrogen-bond acceptors (Lipinski definition) is 7. The van der Waals surface area contributed by atoms with E-state index in [1.807, 2.05) is 51.5 Å². The van der Waals surface area contributed by atoms with Crippen molar-refractivity contribution in [2.24, 2.45) is 0 Å². The maximum atomic E-state index is 13.1. The number of aryl methyl sites for hydroxylation is 1. The first-order valence-electron chi connectivity index (χ1n) is 9.49. The summed E-state index contributed by atoms with van der Waals surface area (Å²) in [6.07, 6.45) is 3.47. The zero-order valence-corrected chi connectivity index (χ0v) is 18.6. The third-order valence-corrected chi connectivity index (χ3v) is 5.46. The van der Waals surface area contributed by atoms with Gasteiger partial charge in [-0.2, -0.15) is 0 Å². The minimum atomic E-state index is -0.197. The molecule has 0 saturated carbocycles. The molecule has 1 atom stereocenters. The Kier molecular flexibility index (Phi) is 7.12. The van der Waals surface area contributed by atoms with Crippen molar-refractivity contribution >= 4 is 17.7 Å². The molecule has 0 aliphatic heterocycles. The lowest BCUT2D eigenvalue weighted by atomic mass is 10.1. The molecule has 158 valence electrons. The number of benzene rings is 1. The van der Waals surface area contributed by atoms with Gasteiger partial charge in [-0.15, -0.1) is 11.8 Å².